The van der Waals surface area contributed by atoms with E-state index in [1.165, 1.54) is 18.3 Å². The molecule has 0 saturated heterocycles. The summed E-state index contributed by atoms with van der Waals surface area (Å²) in [4.78, 5) is 13.0. The molecule has 0 unspecified atom stereocenters. The third-order valence-electron chi connectivity index (χ3n) is 2.65. The summed E-state index contributed by atoms with van der Waals surface area (Å²) < 4.78 is 13.7. The van der Waals surface area contributed by atoms with Gasteiger partial charge >= 0.3 is 0 Å². The Hall–Kier alpha value is -1.59. The first kappa shape index (κ1) is 13.8. The van der Waals surface area contributed by atoms with Crippen LogP contribution in [-0.4, -0.2) is 17.2 Å². The number of aromatic amines is 1. The van der Waals surface area contributed by atoms with Gasteiger partial charge in [-0.2, -0.15) is 5.10 Å². The van der Waals surface area contributed by atoms with Crippen LogP contribution in [0.3, 0.4) is 0 Å². The molecule has 0 aliphatic rings. The van der Waals surface area contributed by atoms with Gasteiger partial charge in [-0.25, -0.2) is 9.49 Å². The molecular formula is C12H10Cl2FN3O. The Morgan fingerprint density at radius 1 is 1.42 bits per heavy atom. The number of rotatable bonds is 3. The maximum absolute atomic E-state index is 13.7. The Labute approximate surface area is 118 Å². The zero-order valence-electron chi connectivity index (χ0n) is 9.95. The Morgan fingerprint density at radius 3 is 2.84 bits per heavy atom. The van der Waals surface area contributed by atoms with Crippen molar-refractivity contribution in [3.05, 3.63) is 56.2 Å². The van der Waals surface area contributed by atoms with Gasteiger partial charge in [-0.3, -0.25) is 4.79 Å². The van der Waals surface area contributed by atoms with E-state index >= 15 is 0 Å². The van der Waals surface area contributed by atoms with Crippen LogP contribution in [0, 0.1) is 5.82 Å². The Kier molecular flexibility index (Phi) is 4.07. The number of hydrogen-bond acceptors (Lipinski definition) is 3. The van der Waals surface area contributed by atoms with E-state index in [9.17, 15) is 9.18 Å². The molecule has 0 atom stereocenters. The summed E-state index contributed by atoms with van der Waals surface area (Å²) in [5, 5.41) is 6.20. The molecule has 0 saturated carbocycles. The van der Waals surface area contributed by atoms with Gasteiger partial charge in [0.2, 0.25) is 0 Å². The topological polar surface area (TPSA) is 49.0 Å². The zero-order valence-corrected chi connectivity index (χ0v) is 11.5. The number of H-pyrrole nitrogens is 1. The molecule has 0 spiro atoms. The van der Waals surface area contributed by atoms with Crippen molar-refractivity contribution in [2.75, 3.05) is 11.9 Å². The highest BCUT2D eigenvalue weighted by Gasteiger charge is 2.14. The fourth-order valence-electron chi connectivity index (χ4n) is 1.65. The molecule has 100 valence electrons. The summed E-state index contributed by atoms with van der Waals surface area (Å²) in [5.41, 5.74) is 0.249. The number of nitrogens with zero attached hydrogens (tertiary/aromatic N) is 2. The zero-order chi connectivity index (χ0) is 14.0. The van der Waals surface area contributed by atoms with Crippen LogP contribution in [-0.2, 0) is 6.54 Å². The number of aromatic nitrogens is 2. The van der Waals surface area contributed by atoms with Gasteiger partial charge in [0.15, 0.2) is 0 Å². The summed E-state index contributed by atoms with van der Waals surface area (Å²) in [7, 11) is 1.67. The van der Waals surface area contributed by atoms with Gasteiger partial charge in [-0.1, -0.05) is 29.3 Å². The second-order valence-corrected chi connectivity index (χ2v) is 4.74. The van der Waals surface area contributed by atoms with Gasteiger partial charge in [-0.05, 0) is 12.1 Å². The smallest absolute Gasteiger partial charge is 0.285 e. The van der Waals surface area contributed by atoms with Crippen molar-refractivity contribution in [3.63, 3.8) is 0 Å². The van der Waals surface area contributed by atoms with Crippen molar-refractivity contribution in [1.82, 2.24) is 10.2 Å². The van der Waals surface area contributed by atoms with Gasteiger partial charge in [0.25, 0.3) is 5.56 Å². The standard InChI is InChI=1S/C12H10Cl2FN3O/c1-18(10-5-16-17-12(19)11(10)14)6-7-8(13)3-2-4-9(7)15/h2-5H,6H2,1H3,(H,17,19). The molecule has 19 heavy (non-hydrogen) atoms. The lowest BCUT2D eigenvalue weighted by Crippen LogP contribution is -2.21. The third kappa shape index (κ3) is 2.88. The SMILES string of the molecule is CN(Cc1c(F)cccc1Cl)c1cn[nH]c(=O)c1Cl. The molecule has 2 rings (SSSR count). The van der Waals surface area contributed by atoms with E-state index in [0.717, 1.165) is 0 Å². The first-order valence-electron chi connectivity index (χ1n) is 5.38. The maximum atomic E-state index is 13.7. The highest BCUT2D eigenvalue weighted by molar-refractivity contribution is 6.33. The van der Waals surface area contributed by atoms with E-state index in [4.69, 9.17) is 23.2 Å². The van der Waals surface area contributed by atoms with E-state index < -0.39 is 11.4 Å². The van der Waals surface area contributed by atoms with E-state index in [2.05, 4.69) is 10.2 Å². The number of hydrogen-bond donors (Lipinski definition) is 1. The summed E-state index contributed by atoms with van der Waals surface area (Å²) in [5.74, 6) is -0.409. The first-order valence-corrected chi connectivity index (χ1v) is 6.13. The maximum Gasteiger partial charge on any atom is 0.285 e. The van der Waals surface area contributed by atoms with Gasteiger partial charge in [0.1, 0.15) is 10.8 Å². The second kappa shape index (κ2) is 5.59. The minimum Gasteiger partial charge on any atom is -0.367 e. The Balaban J connectivity index is 2.34. The van der Waals surface area contributed by atoms with E-state index in [0.29, 0.717) is 16.3 Å². The average Bonchev–Trinajstić information content (AvgIpc) is 2.37. The summed E-state index contributed by atoms with van der Waals surface area (Å²) in [6.07, 6.45) is 1.40. The molecule has 0 bridgehead atoms. The van der Waals surface area contributed by atoms with E-state index in [1.807, 2.05) is 0 Å². The molecule has 1 aromatic heterocycles. The van der Waals surface area contributed by atoms with Crippen molar-refractivity contribution in [1.29, 1.82) is 0 Å². The van der Waals surface area contributed by atoms with Gasteiger partial charge in [0.05, 0.1) is 11.9 Å². The van der Waals surface area contributed by atoms with Crippen LogP contribution in [0.1, 0.15) is 5.56 Å². The largest absolute Gasteiger partial charge is 0.367 e. The number of anilines is 1. The van der Waals surface area contributed by atoms with Crippen LogP contribution in [0.15, 0.2) is 29.2 Å². The minimum atomic E-state index is -0.495. The van der Waals surface area contributed by atoms with Gasteiger partial charge in [0, 0.05) is 24.2 Å². The molecule has 4 nitrogen and oxygen atoms in total. The lowest BCUT2D eigenvalue weighted by atomic mass is 10.2. The molecule has 0 fully saturated rings. The molecule has 1 N–H and O–H groups in total. The quantitative estimate of drug-likeness (QED) is 0.948. The molecule has 7 heteroatoms. The first-order chi connectivity index (χ1) is 9.00. The normalized spacial score (nSPS) is 10.5. The highest BCUT2D eigenvalue weighted by atomic mass is 35.5. The summed E-state index contributed by atoms with van der Waals surface area (Å²) >= 11 is 11.8. The van der Waals surface area contributed by atoms with Crippen LogP contribution in [0.2, 0.25) is 10.0 Å². The number of halogens is 3. The fourth-order valence-corrected chi connectivity index (χ4v) is 2.10. The van der Waals surface area contributed by atoms with Gasteiger partial charge in [-0.15, -0.1) is 0 Å². The lowest BCUT2D eigenvalue weighted by molar-refractivity contribution is 0.608. The number of benzene rings is 1. The molecule has 1 heterocycles. The van der Waals surface area contributed by atoms with Crippen molar-refractivity contribution in [2.45, 2.75) is 6.54 Å². The van der Waals surface area contributed by atoms with Crippen molar-refractivity contribution in [2.24, 2.45) is 0 Å². The monoisotopic (exact) mass is 301 g/mol. The lowest BCUT2D eigenvalue weighted by Gasteiger charge is -2.20. The van der Waals surface area contributed by atoms with Crippen molar-refractivity contribution in [3.8, 4) is 0 Å². The predicted molar refractivity (Wildman–Crippen MR) is 73.4 cm³/mol. The number of nitrogens with one attached hydrogen (secondary N) is 1. The third-order valence-corrected chi connectivity index (χ3v) is 3.36. The highest BCUT2D eigenvalue weighted by Crippen LogP contribution is 2.25. The molecular weight excluding hydrogens is 292 g/mol. The molecule has 0 radical (unpaired) electrons. The van der Waals surface area contributed by atoms with Crippen LogP contribution in [0.25, 0.3) is 0 Å². The van der Waals surface area contributed by atoms with Crippen molar-refractivity contribution >= 4 is 28.9 Å². The minimum absolute atomic E-state index is 0.00459. The van der Waals surface area contributed by atoms with Crippen LogP contribution in [0.5, 0.6) is 0 Å². The molecule has 0 aliphatic heterocycles. The Bertz CT molecular complexity index is 639. The predicted octanol–water partition coefficient (Wildman–Crippen LogP) is 2.85. The summed E-state index contributed by atoms with van der Waals surface area (Å²) in [6, 6.07) is 4.46. The molecule has 0 aliphatic carbocycles. The van der Waals surface area contributed by atoms with Crippen LogP contribution >= 0.6 is 23.2 Å². The van der Waals surface area contributed by atoms with Crippen LogP contribution in [0.4, 0.5) is 10.1 Å². The second-order valence-electron chi connectivity index (χ2n) is 3.95. The van der Waals surface area contributed by atoms with E-state index in [-0.39, 0.29) is 11.6 Å². The molecule has 0 amide bonds. The van der Waals surface area contributed by atoms with Gasteiger partial charge < -0.3 is 4.90 Å². The fraction of sp³-hybridized carbons (Fsp3) is 0.167. The van der Waals surface area contributed by atoms with Crippen LogP contribution < -0.4 is 10.5 Å². The molecule has 2 aromatic rings. The van der Waals surface area contributed by atoms with Crippen molar-refractivity contribution < 1.29 is 4.39 Å². The average molecular weight is 302 g/mol. The summed E-state index contributed by atoms with van der Waals surface area (Å²) in [6.45, 7) is 0.177. The Morgan fingerprint density at radius 2 is 2.16 bits per heavy atom. The van der Waals surface area contributed by atoms with E-state index in [1.54, 1.807) is 18.0 Å². The molecule has 1 aromatic carbocycles.